The molecule has 1 unspecified atom stereocenters. The van der Waals surface area contributed by atoms with Crippen molar-refractivity contribution in [3.05, 3.63) is 12.1 Å². The highest BCUT2D eigenvalue weighted by atomic mass is 16.6. The van der Waals surface area contributed by atoms with Gasteiger partial charge in [0.2, 0.25) is 5.91 Å². The minimum Gasteiger partial charge on any atom is -0.486 e. The van der Waals surface area contributed by atoms with Crippen LogP contribution in [0.4, 0.5) is 11.4 Å². The maximum absolute atomic E-state index is 11.1. The Balaban J connectivity index is 1.79. The lowest BCUT2D eigenvalue weighted by atomic mass is 10.2. The summed E-state index contributed by atoms with van der Waals surface area (Å²) < 4.78 is 11.1. The van der Waals surface area contributed by atoms with Gasteiger partial charge < -0.3 is 25.4 Å². The first-order valence-corrected chi connectivity index (χ1v) is 6.84. The first kappa shape index (κ1) is 12.9. The molecule has 2 aliphatic heterocycles. The van der Waals surface area contributed by atoms with E-state index in [0.717, 1.165) is 30.9 Å². The topological polar surface area (TPSA) is 76.8 Å². The number of nitrogens with zero attached hydrogens (tertiary/aromatic N) is 1. The van der Waals surface area contributed by atoms with Crippen LogP contribution in [0.5, 0.6) is 11.5 Å². The Labute approximate surface area is 117 Å². The number of carbonyl (C=O) groups excluding carboxylic acids is 1. The number of fused-ring (bicyclic) bond motifs is 1. The van der Waals surface area contributed by atoms with Crippen molar-refractivity contribution in [1.29, 1.82) is 0 Å². The van der Waals surface area contributed by atoms with E-state index in [2.05, 4.69) is 10.2 Å². The third-order valence-electron chi connectivity index (χ3n) is 3.63. The molecule has 1 amide bonds. The Morgan fingerprint density at radius 1 is 1.35 bits per heavy atom. The maximum atomic E-state index is 11.1. The van der Waals surface area contributed by atoms with Crippen LogP contribution >= 0.6 is 0 Å². The number of ether oxygens (including phenoxy) is 2. The summed E-state index contributed by atoms with van der Waals surface area (Å²) in [6.45, 7) is 4.30. The Bertz CT molecular complexity index is 533. The van der Waals surface area contributed by atoms with Crippen LogP contribution in [0.25, 0.3) is 0 Å². The SMILES string of the molecule is CC(=O)NC1CCN(c2cc3c(cc2N)OCCO3)C1. The number of hydrogen-bond donors (Lipinski definition) is 2. The molecule has 3 N–H and O–H groups in total. The highest BCUT2D eigenvalue weighted by Crippen LogP contribution is 2.39. The summed E-state index contributed by atoms with van der Waals surface area (Å²) in [6.07, 6.45) is 0.924. The van der Waals surface area contributed by atoms with Gasteiger partial charge in [-0.05, 0) is 6.42 Å². The smallest absolute Gasteiger partial charge is 0.217 e. The van der Waals surface area contributed by atoms with Crippen LogP contribution in [0, 0.1) is 0 Å². The van der Waals surface area contributed by atoms with Crippen LogP contribution in [0.1, 0.15) is 13.3 Å². The summed E-state index contributed by atoms with van der Waals surface area (Å²) in [5, 5.41) is 2.95. The second-order valence-corrected chi connectivity index (χ2v) is 5.19. The molecule has 1 fully saturated rings. The number of anilines is 2. The van der Waals surface area contributed by atoms with E-state index in [9.17, 15) is 4.79 Å². The quantitative estimate of drug-likeness (QED) is 0.780. The molecule has 0 aliphatic carbocycles. The van der Waals surface area contributed by atoms with E-state index in [1.165, 1.54) is 0 Å². The van der Waals surface area contributed by atoms with Crippen molar-refractivity contribution in [3.8, 4) is 11.5 Å². The molecule has 108 valence electrons. The van der Waals surface area contributed by atoms with Crippen molar-refractivity contribution in [2.75, 3.05) is 36.9 Å². The molecule has 0 spiro atoms. The minimum atomic E-state index is 0.00648. The fraction of sp³-hybridized carbons (Fsp3) is 0.500. The van der Waals surface area contributed by atoms with Crippen molar-refractivity contribution in [2.24, 2.45) is 0 Å². The maximum Gasteiger partial charge on any atom is 0.217 e. The van der Waals surface area contributed by atoms with Crippen molar-refractivity contribution < 1.29 is 14.3 Å². The van der Waals surface area contributed by atoms with Gasteiger partial charge in [-0.15, -0.1) is 0 Å². The fourth-order valence-corrected chi connectivity index (χ4v) is 2.75. The molecule has 0 bridgehead atoms. The lowest BCUT2D eigenvalue weighted by Crippen LogP contribution is -2.35. The number of benzene rings is 1. The number of nitrogens with one attached hydrogen (secondary N) is 1. The average molecular weight is 277 g/mol. The van der Waals surface area contributed by atoms with E-state index in [4.69, 9.17) is 15.2 Å². The van der Waals surface area contributed by atoms with Gasteiger partial charge in [0.25, 0.3) is 0 Å². The van der Waals surface area contributed by atoms with Crippen LogP contribution < -0.4 is 25.4 Å². The van der Waals surface area contributed by atoms with E-state index in [0.29, 0.717) is 24.7 Å². The van der Waals surface area contributed by atoms with E-state index < -0.39 is 0 Å². The molecular weight excluding hydrogens is 258 g/mol. The standard InChI is InChI=1S/C14H19N3O3/c1-9(18)16-10-2-3-17(8-10)12-7-14-13(6-11(12)15)19-4-5-20-14/h6-7,10H,2-5,8,15H2,1H3,(H,16,18). The van der Waals surface area contributed by atoms with Gasteiger partial charge in [-0.2, -0.15) is 0 Å². The lowest BCUT2D eigenvalue weighted by Gasteiger charge is -2.25. The number of hydrogen-bond acceptors (Lipinski definition) is 5. The molecular formula is C14H19N3O3. The number of nitrogens with two attached hydrogens (primary N) is 1. The molecule has 1 atom stereocenters. The van der Waals surface area contributed by atoms with Crippen LogP contribution in [-0.2, 0) is 4.79 Å². The molecule has 2 aliphatic rings. The van der Waals surface area contributed by atoms with E-state index in [-0.39, 0.29) is 11.9 Å². The van der Waals surface area contributed by atoms with Crippen LogP contribution in [0.15, 0.2) is 12.1 Å². The van der Waals surface area contributed by atoms with Gasteiger partial charge in [0.1, 0.15) is 13.2 Å². The zero-order valence-electron chi connectivity index (χ0n) is 11.5. The monoisotopic (exact) mass is 277 g/mol. The third-order valence-corrected chi connectivity index (χ3v) is 3.63. The van der Waals surface area contributed by atoms with E-state index >= 15 is 0 Å². The highest BCUT2D eigenvalue weighted by molar-refractivity contribution is 5.75. The second-order valence-electron chi connectivity index (χ2n) is 5.19. The summed E-state index contributed by atoms with van der Waals surface area (Å²) in [4.78, 5) is 13.3. The van der Waals surface area contributed by atoms with Gasteiger partial charge in [-0.3, -0.25) is 4.79 Å². The molecule has 6 nitrogen and oxygen atoms in total. The molecule has 1 saturated heterocycles. The summed E-state index contributed by atoms with van der Waals surface area (Å²) in [6, 6.07) is 3.93. The molecule has 1 aromatic rings. The Kier molecular flexibility index (Phi) is 3.30. The van der Waals surface area contributed by atoms with Crippen molar-refractivity contribution >= 4 is 17.3 Å². The largest absolute Gasteiger partial charge is 0.486 e. The molecule has 1 aromatic carbocycles. The zero-order chi connectivity index (χ0) is 14.1. The average Bonchev–Trinajstić information content (AvgIpc) is 2.85. The van der Waals surface area contributed by atoms with E-state index in [1.807, 2.05) is 12.1 Å². The number of amides is 1. The van der Waals surface area contributed by atoms with Gasteiger partial charge in [0, 0.05) is 38.2 Å². The molecule has 2 heterocycles. The molecule has 0 aromatic heterocycles. The molecule has 6 heteroatoms. The first-order chi connectivity index (χ1) is 9.63. The normalized spacial score (nSPS) is 20.9. The van der Waals surface area contributed by atoms with Crippen molar-refractivity contribution in [2.45, 2.75) is 19.4 Å². The summed E-state index contributed by atoms with van der Waals surface area (Å²) in [5.74, 6) is 1.45. The van der Waals surface area contributed by atoms with Gasteiger partial charge >= 0.3 is 0 Å². The second kappa shape index (κ2) is 5.11. The van der Waals surface area contributed by atoms with Crippen molar-refractivity contribution in [3.63, 3.8) is 0 Å². The van der Waals surface area contributed by atoms with Gasteiger partial charge in [0.15, 0.2) is 11.5 Å². The Morgan fingerprint density at radius 2 is 2.05 bits per heavy atom. The predicted molar refractivity (Wildman–Crippen MR) is 76.3 cm³/mol. The third kappa shape index (κ3) is 2.45. The lowest BCUT2D eigenvalue weighted by molar-refractivity contribution is -0.119. The zero-order valence-corrected chi connectivity index (χ0v) is 11.5. The van der Waals surface area contributed by atoms with Crippen molar-refractivity contribution in [1.82, 2.24) is 5.32 Å². The highest BCUT2D eigenvalue weighted by Gasteiger charge is 2.26. The first-order valence-electron chi connectivity index (χ1n) is 6.84. The van der Waals surface area contributed by atoms with Gasteiger partial charge in [0.05, 0.1) is 11.4 Å². The Morgan fingerprint density at radius 3 is 2.75 bits per heavy atom. The van der Waals surface area contributed by atoms with Gasteiger partial charge in [-0.25, -0.2) is 0 Å². The number of rotatable bonds is 2. The Hall–Kier alpha value is -2.11. The summed E-state index contributed by atoms with van der Waals surface area (Å²) in [7, 11) is 0. The van der Waals surface area contributed by atoms with Gasteiger partial charge in [-0.1, -0.05) is 0 Å². The molecule has 20 heavy (non-hydrogen) atoms. The number of carbonyl (C=O) groups is 1. The minimum absolute atomic E-state index is 0.00648. The summed E-state index contributed by atoms with van der Waals surface area (Å²) in [5.41, 5.74) is 7.73. The molecule has 0 saturated carbocycles. The summed E-state index contributed by atoms with van der Waals surface area (Å²) >= 11 is 0. The predicted octanol–water partition coefficient (Wildman–Crippen LogP) is 0.755. The molecule has 0 radical (unpaired) electrons. The number of nitrogen functional groups attached to an aromatic ring is 1. The fourth-order valence-electron chi connectivity index (χ4n) is 2.75. The van der Waals surface area contributed by atoms with Crippen LogP contribution in [0.2, 0.25) is 0 Å². The van der Waals surface area contributed by atoms with Crippen LogP contribution in [0.3, 0.4) is 0 Å². The van der Waals surface area contributed by atoms with Crippen LogP contribution in [-0.4, -0.2) is 38.3 Å². The van der Waals surface area contributed by atoms with E-state index in [1.54, 1.807) is 6.92 Å². The molecule has 3 rings (SSSR count).